The van der Waals surface area contributed by atoms with E-state index >= 15 is 0 Å². The standard InChI is InChI=1S/C11H18FN3O/c1-11(2,3)5-8(16)6-13-10-4-9(12)14-7-15-10/h4,7-8,16H,5-6H2,1-3H3,(H,13,14,15). The Balaban J connectivity index is 2.40. The Labute approximate surface area is 94.9 Å². The molecule has 1 unspecified atom stereocenters. The monoisotopic (exact) mass is 227 g/mol. The summed E-state index contributed by atoms with van der Waals surface area (Å²) in [6, 6.07) is 1.20. The molecule has 0 aromatic carbocycles. The molecule has 0 radical (unpaired) electrons. The lowest BCUT2D eigenvalue weighted by molar-refractivity contribution is 0.132. The Kier molecular flexibility index (Phi) is 4.18. The van der Waals surface area contributed by atoms with Gasteiger partial charge < -0.3 is 10.4 Å². The molecule has 1 aromatic rings. The predicted octanol–water partition coefficient (Wildman–Crippen LogP) is 1.82. The number of rotatable bonds is 4. The smallest absolute Gasteiger partial charge is 0.217 e. The van der Waals surface area contributed by atoms with Gasteiger partial charge in [0.1, 0.15) is 12.1 Å². The quantitative estimate of drug-likeness (QED) is 0.770. The third-order valence-corrected chi connectivity index (χ3v) is 2.00. The van der Waals surface area contributed by atoms with Gasteiger partial charge in [0.25, 0.3) is 0 Å². The van der Waals surface area contributed by atoms with Crippen LogP contribution in [0.4, 0.5) is 10.2 Å². The Morgan fingerprint density at radius 1 is 1.44 bits per heavy atom. The topological polar surface area (TPSA) is 58.0 Å². The fraction of sp³-hybridized carbons (Fsp3) is 0.636. The predicted molar refractivity (Wildman–Crippen MR) is 60.6 cm³/mol. The number of aromatic nitrogens is 2. The average Bonchev–Trinajstić information content (AvgIpc) is 2.12. The van der Waals surface area contributed by atoms with Crippen LogP contribution in [-0.4, -0.2) is 27.7 Å². The van der Waals surface area contributed by atoms with Crippen molar-refractivity contribution < 1.29 is 9.50 Å². The lowest BCUT2D eigenvalue weighted by atomic mass is 9.89. The van der Waals surface area contributed by atoms with Crippen molar-refractivity contribution in [1.29, 1.82) is 0 Å². The van der Waals surface area contributed by atoms with E-state index in [2.05, 4.69) is 36.1 Å². The minimum atomic E-state index is -0.581. The highest BCUT2D eigenvalue weighted by Gasteiger charge is 2.16. The number of halogens is 1. The third-order valence-electron chi connectivity index (χ3n) is 2.00. The first-order chi connectivity index (χ1) is 7.37. The van der Waals surface area contributed by atoms with Crippen LogP contribution in [0.5, 0.6) is 0 Å². The van der Waals surface area contributed by atoms with Crippen LogP contribution in [0, 0.1) is 11.4 Å². The Morgan fingerprint density at radius 2 is 2.12 bits per heavy atom. The highest BCUT2D eigenvalue weighted by molar-refractivity contribution is 5.32. The minimum Gasteiger partial charge on any atom is -0.391 e. The van der Waals surface area contributed by atoms with E-state index in [1.807, 2.05) is 0 Å². The summed E-state index contributed by atoms with van der Waals surface area (Å²) in [5.41, 5.74) is 0.0675. The van der Waals surface area contributed by atoms with E-state index in [0.29, 0.717) is 18.8 Å². The molecule has 0 spiro atoms. The summed E-state index contributed by atoms with van der Waals surface area (Å²) in [6.07, 6.45) is 1.35. The zero-order valence-electron chi connectivity index (χ0n) is 9.87. The maximum atomic E-state index is 12.7. The molecule has 0 aliphatic heterocycles. The molecule has 16 heavy (non-hydrogen) atoms. The highest BCUT2D eigenvalue weighted by atomic mass is 19.1. The van der Waals surface area contributed by atoms with Crippen LogP contribution in [0.2, 0.25) is 0 Å². The van der Waals surface area contributed by atoms with E-state index in [0.717, 1.165) is 6.33 Å². The van der Waals surface area contributed by atoms with Crippen LogP contribution >= 0.6 is 0 Å². The summed E-state index contributed by atoms with van der Waals surface area (Å²) < 4.78 is 12.7. The number of hydrogen-bond acceptors (Lipinski definition) is 4. The highest BCUT2D eigenvalue weighted by Crippen LogP contribution is 2.20. The first-order valence-electron chi connectivity index (χ1n) is 5.26. The maximum Gasteiger partial charge on any atom is 0.217 e. The number of nitrogens with one attached hydrogen (secondary N) is 1. The van der Waals surface area contributed by atoms with Crippen molar-refractivity contribution in [2.75, 3.05) is 11.9 Å². The zero-order valence-corrected chi connectivity index (χ0v) is 9.87. The largest absolute Gasteiger partial charge is 0.391 e. The fourth-order valence-electron chi connectivity index (χ4n) is 1.43. The number of aliphatic hydroxyl groups is 1. The van der Waals surface area contributed by atoms with Gasteiger partial charge in [-0.05, 0) is 11.8 Å². The first kappa shape index (κ1) is 12.8. The lowest BCUT2D eigenvalue weighted by Gasteiger charge is -2.22. The summed E-state index contributed by atoms with van der Waals surface area (Å²) in [4.78, 5) is 7.18. The van der Waals surface area contributed by atoms with Crippen LogP contribution in [0.1, 0.15) is 27.2 Å². The molecule has 0 amide bonds. The molecule has 2 N–H and O–H groups in total. The van der Waals surface area contributed by atoms with Crippen molar-refractivity contribution in [2.45, 2.75) is 33.3 Å². The molecule has 4 nitrogen and oxygen atoms in total. The van der Waals surface area contributed by atoms with Gasteiger partial charge in [-0.1, -0.05) is 20.8 Å². The van der Waals surface area contributed by atoms with Gasteiger partial charge in [0.2, 0.25) is 5.95 Å². The molecule has 1 heterocycles. The molecule has 1 atom stereocenters. The number of nitrogens with zero attached hydrogens (tertiary/aromatic N) is 2. The summed E-state index contributed by atoms with van der Waals surface area (Å²) in [5.74, 6) is -0.191. The van der Waals surface area contributed by atoms with Crippen molar-refractivity contribution in [3.8, 4) is 0 Å². The minimum absolute atomic E-state index is 0.0675. The van der Waals surface area contributed by atoms with Crippen molar-refractivity contribution in [3.05, 3.63) is 18.3 Å². The van der Waals surface area contributed by atoms with E-state index in [-0.39, 0.29) is 5.41 Å². The molecular weight excluding hydrogens is 209 g/mol. The molecule has 1 aromatic heterocycles. The van der Waals surface area contributed by atoms with Crippen LogP contribution in [-0.2, 0) is 0 Å². The number of hydrogen-bond donors (Lipinski definition) is 2. The van der Waals surface area contributed by atoms with Gasteiger partial charge in [0.05, 0.1) is 6.10 Å². The van der Waals surface area contributed by atoms with Crippen LogP contribution in [0.25, 0.3) is 0 Å². The molecule has 5 heteroatoms. The van der Waals surface area contributed by atoms with Crippen LogP contribution in [0.3, 0.4) is 0 Å². The normalized spacial score (nSPS) is 13.6. The second kappa shape index (κ2) is 5.21. The van der Waals surface area contributed by atoms with Crippen molar-refractivity contribution >= 4 is 5.82 Å². The van der Waals surface area contributed by atoms with Gasteiger partial charge >= 0.3 is 0 Å². The molecular formula is C11H18FN3O. The Bertz CT molecular complexity index is 338. The molecule has 0 aliphatic carbocycles. The van der Waals surface area contributed by atoms with Crippen molar-refractivity contribution in [1.82, 2.24) is 9.97 Å². The van der Waals surface area contributed by atoms with Crippen LogP contribution in [0.15, 0.2) is 12.4 Å². The number of anilines is 1. The lowest BCUT2D eigenvalue weighted by Crippen LogP contribution is -2.25. The third kappa shape index (κ3) is 5.02. The van der Waals surface area contributed by atoms with Crippen molar-refractivity contribution in [3.63, 3.8) is 0 Å². The summed E-state index contributed by atoms with van der Waals surface area (Å²) in [5, 5.41) is 12.6. The molecule has 0 saturated heterocycles. The molecule has 0 fully saturated rings. The van der Waals surface area contributed by atoms with Gasteiger partial charge in [0.15, 0.2) is 0 Å². The van der Waals surface area contributed by atoms with Gasteiger partial charge in [-0.3, -0.25) is 0 Å². The van der Waals surface area contributed by atoms with Crippen molar-refractivity contribution in [2.24, 2.45) is 5.41 Å². The summed E-state index contributed by atoms with van der Waals surface area (Å²) in [7, 11) is 0. The van der Waals surface area contributed by atoms with Crippen LogP contribution < -0.4 is 5.32 Å². The maximum absolute atomic E-state index is 12.7. The number of aliphatic hydroxyl groups excluding tert-OH is 1. The van der Waals surface area contributed by atoms with E-state index in [4.69, 9.17) is 0 Å². The molecule has 1 rings (SSSR count). The average molecular weight is 227 g/mol. The van der Waals surface area contributed by atoms with E-state index in [1.54, 1.807) is 0 Å². The Hall–Kier alpha value is -1.23. The van der Waals surface area contributed by atoms with Gasteiger partial charge in [-0.25, -0.2) is 9.97 Å². The zero-order chi connectivity index (χ0) is 12.2. The molecule has 0 aliphatic rings. The second-order valence-corrected chi connectivity index (χ2v) is 5.03. The molecule has 0 bridgehead atoms. The second-order valence-electron chi connectivity index (χ2n) is 5.03. The fourth-order valence-corrected chi connectivity index (χ4v) is 1.43. The SMILES string of the molecule is CC(C)(C)CC(O)CNc1cc(F)ncn1. The van der Waals surface area contributed by atoms with Gasteiger partial charge in [-0.15, -0.1) is 0 Å². The van der Waals surface area contributed by atoms with E-state index in [9.17, 15) is 9.50 Å². The van der Waals surface area contributed by atoms with Gasteiger partial charge in [0, 0.05) is 12.6 Å². The van der Waals surface area contributed by atoms with Gasteiger partial charge in [-0.2, -0.15) is 4.39 Å². The van der Waals surface area contributed by atoms with E-state index in [1.165, 1.54) is 6.07 Å². The molecule has 0 saturated carbocycles. The Morgan fingerprint density at radius 3 is 2.69 bits per heavy atom. The summed E-state index contributed by atoms with van der Waals surface area (Å²) >= 11 is 0. The van der Waals surface area contributed by atoms with E-state index < -0.39 is 12.1 Å². The molecule has 90 valence electrons. The first-order valence-corrected chi connectivity index (χ1v) is 5.26. The summed E-state index contributed by atoms with van der Waals surface area (Å²) in [6.45, 7) is 6.52.